The van der Waals surface area contributed by atoms with Crippen molar-refractivity contribution in [2.24, 2.45) is 0 Å². The Morgan fingerprint density at radius 1 is 1.53 bits per heavy atom. The minimum absolute atomic E-state index is 0.0210. The van der Waals surface area contributed by atoms with Crippen molar-refractivity contribution in [3.05, 3.63) is 33.9 Å². The molecule has 0 saturated heterocycles. The van der Waals surface area contributed by atoms with Gasteiger partial charge in [-0.1, -0.05) is 0 Å². The van der Waals surface area contributed by atoms with E-state index < -0.39 is 4.92 Å². The van der Waals surface area contributed by atoms with E-state index in [2.05, 4.69) is 0 Å². The van der Waals surface area contributed by atoms with Gasteiger partial charge >= 0.3 is 0 Å². The predicted molar refractivity (Wildman–Crippen MR) is 64.0 cm³/mol. The molecule has 1 atom stereocenters. The molecule has 0 radical (unpaired) electrons. The van der Waals surface area contributed by atoms with Crippen LogP contribution in [0.4, 0.5) is 11.4 Å². The molecule has 0 aliphatic carbocycles. The van der Waals surface area contributed by atoms with Crippen LogP contribution < -0.4 is 4.90 Å². The van der Waals surface area contributed by atoms with Gasteiger partial charge in [0.2, 0.25) is 5.91 Å². The summed E-state index contributed by atoms with van der Waals surface area (Å²) in [4.78, 5) is 23.6. The lowest BCUT2D eigenvalue weighted by Crippen LogP contribution is -2.40. The van der Waals surface area contributed by atoms with Crippen LogP contribution >= 0.6 is 0 Å². The van der Waals surface area contributed by atoms with E-state index in [1.54, 1.807) is 17.0 Å². The lowest BCUT2D eigenvalue weighted by atomic mass is 9.96. The van der Waals surface area contributed by atoms with Crippen molar-refractivity contribution in [2.45, 2.75) is 32.7 Å². The summed E-state index contributed by atoms with van der Waals surface area (Å²) in [6, 6.07) is 4.84. The van der Waals surface area contributed by atoms with Crippen molar-refractivity contribution < 1.29 is 9.72 Å². The van der Waals surface area contributed by atoms with Gasteiger partial charge in [-0.05, 0) is 31.4 Å². The topological polar surface area (TPSA) is 63.5 Å². The van der Waals surface area contributed by atoms with E-state index >= 15 is 0 Å². The maximum atomic E-state index is 11.6. The third kappa shape index (κ3) is 2.00. The first-order valence-electron chi connectivity index (χ1n) is 5.58. The zero-order chi connectivity index (χ0) is 12.6. The predicted octanol–water partition coefficient (Wildman–Crippen LogP) is 2.28. The van der Waals surface area contributed by atoms with Crippen LogP contribution in [0.1, 0.15) is 25.8 Å². The molecule has 5 nitrogen and oxygen atoms in total. The van der Waals surface area contributed by atoms with Gasteiger partial charge in [-0.2, -0.15) is 0 Å². The lowest BCUT2D eigenvalue weighted by molar-refractivity contribution is -0.384. The fourth-order valence-corrected chi connectivity index (χ4v) is 2.33. The second-order valence-corrected chi connectivity index (χ2v) is 4.35. The Bertz CT molecular complexity index is 485. The quantitative estimate of drug-likeness (QED) is 0.553. The highest BCUT2D eigenvalue weighted by atomic mass is 16.6. The molecule has 1 aromatic carbocycles. The van der Waals surface area contributed by atoms with E-state index in [1.807, 2.05) is 6.92 Å². The van der Waals surface area contributed by atoms with Crippen molar-refractivity contribution in [1.82, 2.24) is 0 Å². The summed E-state index contributed by atoms with van der Waals surface area (Å²) in [6.45, 7) is 3.51. The molecule has 5 heteroatoms. The Kier molecular flexibility index (Phi) is 2.83. The Hall–Kier alpha value is -1.91. The molecule has 1 unspecified atom stereocenters. The number of anilines is 1. The van der Waals surface area contributed by atoms with Gasteiger partial charge in [-0.15, -0.1) is 0 Å². The van der Waals surface area contributed by atoms with Gasteiger partial charge in [0.15, 0.2) is 0 Å². The first kappa shape index (κ1) is 11.6. The maximum Gasteiger partial charge on any atom is 0.269 e. The van der Waals surface area contributed by atoms with E-state index in [4.69, 9.17) is 0 Å². The Labute approximate surface area is 99.2 Å². The fraction of sp³-hybridized carbons (Fsp3) is 0.417. The molecule has 0 aromatic heterocycles. The number of aryl methyl sites for hydroxylation is 1. The van der Waals surface area contributed by atoms with Crippen molar-refractivity contribution in [1.29, 1.82) is 0 Å². The largest absolute Gasteiger partial charge is 0.310 e. The van der Waals surface area contributed by atoms with Crippen LogP contribution in [0, 0.1) is 10.1 Å². The Morgan fingerprint density at radius 2 is 2.24 bits per heavy atom. The second-order valence-electron chi connectivity index (χ2n) is 4.35. The van der Waals surface area contributed by atoms with Crippen LogP contribution in [-0.2, 0) is 11.2 Å². The SMILES string of the molecule is CC(=O)N1c2ccc([N+](=O)[O-])cc2CCC1C. The van der Waals surface area contributed by atoms with Crippen LogP contribution in [-0.4, -0.2) is 16.9 Å². The third-order valence-electron chi connectivity index (χ3n) is 3.14. The van der Waals surface area contributed by atoms with Gasteiger partial charge in [-0.25, -0.2) is 0 Å². The number of fused-ring (bicyclic) bond motifs is 1. The van der Waals surface area contributed by atoms with Gasteiger partial charge in [-0.3, -0.25) is 14.9 Å². The molecule has 0 bridgehead atoms. The van der Waals surface area contributed by atoms with Gasteiger partial charge in [0, 0.05) is 30.8 Å². The number of hydrogen-bond acceptors (Lipinski definition) is 3. The number of carbonyl (C=O) groups is 1. The van der Waals surface area contributed by atoms with E-state index in [9.17, 15) is 14.9 Å². The van der Waals surface area contributed by atoms with Gasteiger partial charge in [0.05, 0.1) is 4.92 Å². The zero-order valence-corrected chi connectivity index (χ0v) is 9.84. The number of carbonyl (C=O) groups excluding carboxylic acids is 1. The number of nitro benzene ring substituents is 1. The first-order chi connectivity index (χ1) is 8.00. The highest BCUT2D eigenvalue weighted by molar-refractivity contribution is 5.93. The molecule has 0 spiro atoms. The van der Waals surface area contributed by atoms with Crippen LogP contribution in [0.5, 0.6) is 0 Å². The van der Waals surface area contributed by atoms with E-state index in [-0.39, 0.29) is 17.6 Å². The van der Waals surface area contributed by atoms with Crippen LogP contribution in [0.25, 0.3) is 0 Å². The standard InChI is InChI=1S/C12H14N2O3/c1-8-3-4-10-7-11(14(16)17)5-6-12(10)13(8)9(2)15/h5-8H,3-4H2,1-2H3. The van der Waals surface area contributed by atoms with Gasteiger partial charge in [0.25, 0.3) is 5.69 Å². The second kappa shape index (κ2) is 4.16. The van der Waals surface area contributed by atoms with E-state index in [1.165, 1.54) is 13.0 Å². The van der Waals surface area contributed by atoms with Crippen molar-refractivity contribution in [2.75, 3.05) is 4.90 Å². The van der Waals surface area contributed by atoms with Gasteiger partial charge in [0.1, 0.15) is 0 Å². The summed E-state index contributed by atoms with van der Waals surface area (Å²) >= 11 is 0. The molecule has 1 amide bonds. The molecular formula is C12H14N2O3. The summed E-state index contributed by atoms with van der Waals surface area (Å²) in [5, 5.41) is 10.7. The number of amides is 1. The average molecular weight is 234 g/mol. The highest BCUT2D eigenvalue weighted by Crippen LogP contribution is 2.33. The zero-order valence-electron chi connectivity index (χ0n) is 9.84. The average Bonchev–Trinajstić information content (AvgIpc) is 2.27. The summed E-state index contributed by atoms with van der Waals surface area (Å²) < 4.78 is 0. The molecule has 0 saturated carbocycles. The maximum absolute atomic E-state index is 11.6. The number of non-ortho nitro benzene ring substituents is 1. The van der Waals surface area contributed by atoms with E-state index in [0.717, 1.165) is 24.1 Å². The molecule has 0 N–H and O–H groups in total. The molecule has 1 aromatic rings. The normalized spacial score (nSPS) is 18.7. The number of nitro groups is 1. The third-order valence-corrected chi connectivity index (χ3v) is 3.14. The van der Waals surface area contributed by atoms with Crippen molar-refractivity contribution in [3.63, 3.8) is 0 Å². The first-order valence-corrected chi connectivity index (χ1v) is 5.58. The number of hydrogen-bond donors (Lipinski definition) is 0. The van der Waals surface area contributed by atoms with Crippen LogP contribution in [0.3, 0.4) is 0 Å². The van der Waals surface area contributed by atoms with Gasteiger partial charge < -0.3 is 4.90 Å². The minimum atomic E-state index is -0.406. The van der Waals surface area contributed by atoms with E-state index in [0.29, 0.717) is 0 Å². The summed E-state index contributed by atoms with van der Waals surface area (Å²) in [6.07, 6.45) is 1.62. The van der Waals surface area contributed by atoms with Crippen molar-refractivity contribution in [3.8, 4) is 0 Å². The smallest absolute Gasteiger partial charge is 0.269 e. The molecule has 0 fully saturated rings. The number of benzene rings is 1. The summed E-state index contributed by atoms with van der Waals surface area (Å²) in [7, 11) is 0. The summed E-state index contributed by atoms with van der Waals surface area (Å²) in [5.74, 6) is -0.0210. The van der Waals surface area contributed by atoms with Crippen LogP contribution in [0.15, 0.2) is 18.2 Å². The molecule has 1 aliphatic rings. The Balaban J connectivity index is 2.48. The monoisotopic (exact) mass is 234 g/mol. The molecule has 90 valence electrons. The summed E-state index contributed by atoms with van der Waals surface area (Å²) in [5.41, 5.74) is 1.77. The Morgan fingerprint density at radius 3 is 2.82 bits per heavy atom. The highest BCUT2D eigenvalue weighted by Gasteiger charge is 2.27. The molecule has 1 aliphatic heterocycles. The number of nitrogens with zero attached hydrogens (tertiary/aromatic N) is 2. The molecule has 2 rings (SSSR count). The minimum Gasteiger partial charge on any atom is -0.310 e. The molecule has 17 heavy (non-hydrogen) atoms. The molecular weight excluding hydrogens is 220 g/mol. The van der Waals surface area contributed by atoms with Crippen molar-refractivity contribution >= 4 is 17.3 Å². The fourth-order valence-electron chi connectivity index (χ4n) is 2.33. The van der Waals surface area contributed by atoms with Crippen LogP contribution in [0.2, 0.25) is 0 Å². The lowest BCUT2D eigenvalue weighted by Gasteiger charge is -2.34. The number of rotatable bonds is 1. The molecule has 1 heterocycles.